The van der Waals surface area contributed by atoms with Gasteiger partial charge in [0.05, 0.1) is 22.0 Å². The number of halogens is 1. The summed E-state index contributed by atoms with van der Waals surface area (Å²) in [5, 5.41) is 2.46. The number of anilines is 1. The largest absolute Gasteiger partial charge is 0.383 e. The van der Waals surface area contributed by atoms with Crippen LogP contribution in [0.1, 0.15) is 32.1 Å². The van der Waals surface area contributed by atoms with Crippen LogP contribution < -0.4 is 5.73 Å². The maximum atomic E-state index is 6.52. The minimum atomic E-state index is -0.682. The van der Waals surface area contributed by atoms with Gasteiger partial charge < -0.3 is 24.5 Å². The van der Waals surface area contributed by atoms with Gasteiger partial charge in [0.2, 0.25) is 0 Å². The molecule has 0 unspecified atom stereocenters. The van der Waals surface area contributed by atoms with Gasteiger partial charge in [-0.2, -0.15) is 0 Å². The highest BCUT2D eigenvalue weighted by molar-refractivity contribution is 6.31. The Kier molecular flexibility index (Phi) is 4.81. The van der Waals surface area contributed by atoms with Crippen LogP contribution in [0.5, 0.6) is 0 Å². The van der Waals surface area contributed by atoms with Gasteiger partial charge in [-0.25, -0.2) is 9.97 Å². The lowest BCUT2D eigenvalue weighted by Gasteiger charge is -2.25. The molecule has 4 atom stereocenters. The number of pyridine rings is 1. The predicted octanol–water partition coefficient (Wildman–Crippen LogP) is 4.27. The van der Waals surface area contributed by atoms with E-state index in [4.69, 9.17) is 31.5 Å². The van der Waals surface area contributed by atoms with E-state index < -0.39 is 5.79 Å². The molecule has 1 aromatic carbocycles. The first-order valence-corrected chi connectivity index (χ1v) is 11.4. The molecule has 2 N–H and O–H groups in total. The third-order valence-electron chi connectivity index (χ3n) is 6.37. The minimum absolute atomic E-state index is 0.132. The summed E-state index contributed by atoms with van der Waals surface area (Å²) >= 11 is 6.06. The van der Waals surface area contributed by atoms with Crippen molar-refractivity contribution >= 4 is 39.4 Å². The smallest absolute Gasteiger partial charge is 0.164 e. The lowest BCUT2D eigenvalue weighted by atomic mass is 10.0. The number of hydrogen-bond acceptors (Lipinski definition) is 7. The fraction of sp³-hybridized carbons (Fsp3) is 0.375. The van der Waals surface area contributed by atoms with Crippen LogP contribution >= 0.6 is 11.6 Å². The summed E-state index contributed by atoms with van der Waals surface area (Å²) in [5.74, 6) is -0.237. The number of nitrogen functional groups attached to an aromatic ring is 1. The van der Waals surface area contributed by atoms with Crippen LogP contribution in [0, 0.1) is 0 Å². The van der Waals surface area contributed by atoms with Crippen molar-refractivity contribution in [2.45, 2.75) is 57.0 Å². The Balaban J connectivity index is 1.27. The quantitative estimate of drug-likeness (QED) is 0.480. The monoisotopic (exact) mass is 465 g/mol. The standard InChI is InChI=1S/C24H24ClN5O3/c1-24(2)32-19-18(6-4-13-3-5-14-10-15(25)11-27-17(14)9-13)31-23(20(19)33-24)30-8-7-16-21(26)28-12-29-22(16)30/h3,5,7-12,18-20,23H,4,6H2,1-2H3,(H2,26,28,29)/t18-,19-,20-,23-/m1/s1. The highest BCUT2D eigenvalue weighted by Gasteiger charge is 2.55. The minimum Gasteiger partial charge on any atom is -0.383 e. The molecule has 170 valence electrons. The van der Waals surface area contributed by atoms with Crippen molar-refractivity contribution < 1.29 is 14.2 Å². The van der Waals surface area contributed by atoms with E-state index in [1.54, 1.807) is 6.20 Å². The van der Waals surface area contributed by atoms with Crippen LogP contribution in [0.25, 0.3) is 21.9 Å². The van der Waals surface area contributed by atoms with Gasteiger partial charge in [0.15, 0.2) is 12.0 Å². The van der Waals surface area contributed by atoms with E-state index >= 15 is 0 Å². The summed E-state index contributed by atoms with van der Waals surface area (Å²) in [6.07, 6.45) is 5.74. The molecule has 4 aromatic rings. The fourth-order valence-corrected chi connectivity index (χ4v) is 5.08. The lowest BCUT2D eigenvalue weighted by Crippen LogP contribution is -2.29. The molecule has 0 amide bonds. The first kappa shape index (κ1) is 20.8. The first-order chi connectivity index (χ1) is 15.9. The molecule has 2 saturated heterocycles. The molecule has 6 rings (SSSR count). The molecule has 33 heavy (non-hydrogen) atoms. The molecule has 0 aliphatic carbocycles. The Labute approximate surface area is 195 Å². The van der Waals surface area contributed by atoms with Crippen LogP contribution in [0.3, 0.4) is 0 Å². The molecule has 3 aromatic heterocycles. The number of hydrogen-bond donors (Lipinski definition) is 1. The maximum absolute atomic E-state index is 6.52. The molecule has 0 saturated carbocycles. The molecule has 8 nitrogen and oxygen atoms in total. The summed E-state index contributed by atoms with van der Waals surface area (Å²) < 4.78 is 21.0. The molecular formula is C24H24ClN5O3. The molecule has 0 bridgehead atoms. The van der Waals surface area contributed by atoms with Gasteiger partial charge >= 0.3 is 0 Å². The van der Waals surface area contributed by atoms with Gasteiger partial charge in [-0.05, 0) is 50.5 Å². The summed E-state index contributed by atoms with van der Waals surface area (Å²) in [5.41, 5.74) is 8.87. The zero-order valence-electron chi connectivity index (χ0n) is 18.3. The van der Waals surface area contributed by atoms with Gasteiger partial charge in [0.25, 0.3) is 0 Å². The number of ether oxygens (including phenoxy) is 3. The van der Waals surface area contributed by atoms with E-state index in [-0.39, 0.29) is 24.5 Å². The van der Waals surface area contributed by atoms with Crippen LogP contribution in [-0.4, -0.2) is 43.6 Å². The van der Waals surface area contributed by atoms with Crippen LogP contribution in [-0.2, 0) is 20.6 Å². The van der Waals surface area contributed by atoms with Crippen LogP contribution in [0.2, 0.25) is 5.02 Å². The van der Waals surface area contributed by atoms with E-state index in [0.29, 0.717) is 10.8 Å². The average Bonchev–Trinajstić information content (AvgIpc) is 3.44. The summed E-state index contributed by atoms with van der Waals surface area (Å²) in [4.78, 5) is 13.0. The zero-order valence-corrected chi connectivity index (χ0v) is 19.1. The maximum Gasteiger partial charge on any atom is 0.164 e. The Morgan fingerprint density at radius 3 is 2.82 bits per heavy atom. The van der Waals surface area contributed by atoms with E-state index in [1.165, 1.54) is 11.9 Å². The number of nitrogens with two attached hydrogens (primary N) is 1. The molecule has 2 aliphatic heterocycles. The van der Waals surface area contributed by atoms with Crippen LogP contribution in [0.4, 0.5) is 5.82 Å². The van der Waals surface area contributed by atoms with E-state index in [0.717, 1.165) is 34.8 Å². The lowest BCUT2D eigenvalue weighted by molar-refractivity contribution is -0.196. The molecule has 0 spiro atoms. The highest BCUT2D eigenvalue weighted by atomic mass is 35.5. The fourth-order valence-electron chi connectivity index (χ4n) is 4.92. The number of aryl methyl sites for hydroxylation is 1. The SMILES string of the molecule is CC1(C)O[C@@H]2[C@H](O1)[C@@H](CCc1ccc3cc(Cl)cnc3c1)O[C@H]2n1ccc2c(N)ncnc21. The average molecular weight is 466 g/mol. The Bertz CT molecular complexity index is 1360. The Morgan fingerprint density at radius 1 is 1.09 bits per heavy atom. The van der Waals surface area contributed by atoms with Gasteiger partial charge in [-0.15, -0.1) is 0 Å². The van der Waals surface area contributed by atoms with Crippen molar-refractivity contribution in [2.75, 3.05) is 5.73 Å². The third kappa shape index (κ3) is 3.63. The number of fused-ring (bicyclic) bond motifs is 3. The molecule has 0 radical (unpaired) electrons. The molecule has 2 fully saturated rings. The van der Waals surface area contributed by atoms with Gasteiger partial charge in [-0.3, -0.25) is 4.98 Å². The Morgan fingerprint density at radius 2 is 1.94 bits per heavy atom. The highest BCUT2D eigenvalue weighted by Crippen LogP contribution is 2.45. The number of benzene rings is 1. The molecule has 5 heterocycles. The summed E-state index contributed by atoms with van der Waals surface area (Å²) in [6, 6.07) is 10.1. The molecule has 9 heteroatoms. The van der Waals surface area contributed by atoms with Gasteiger partial charge in [0, 0.05) is 17.8 Å². The van der Waals surface area contributed by atoms with Crippen molar-refractivity contribution in [3.05, 3.63) is 59.6 Å². The van der Waals surface area contributed by atoms with Crippen molar-refractivity contribution in [3.63, 3.8) is 0 Å². The second kappa shape index (κ2) is 7.63. The zero-order chi connectivity index (χ0) is 22.7. The predicted molar refractivity (Wildman–Crippen MR) is 125 cm³/mol. The number of rotatable bonds is 4. The second-order valence-electron chi connectivity index (χ2n) is 9.07. The summed E-state index contributed by atoms with van der Waals surface area (Å²) in [7, 11) is 0. The van der Waals surface area contributed by atoms with Crippen molar-refractivity contribution in [1.29, 1.82) is 0 Å². The molecule has 2 aliphatic rings. The van der Waals surface area contributed by atoms with E-state index in [1.807, 2.05) is 36.7 Å². The normalized spacial score (nSPS) is 26.3. The third-order valence-corrected chi connectivity index (χ3v) is 6.58. The van der Waals surface area contributed by atoms with Crippen molar-refractivity contribution in [3.8, 4) is 0 Å². The Hall–Kier alpha value is -2.78. The van der Waals surface area contributed by atoms with Gasteiger partial charge in [-0.1, -0.05) is 23.7 Å². The second-order valence-corrected chi connectivity index (χ2v) is 9.50. The van der Waals surface area contributed by atoms with Crippen molar-refractivity contribution in [2.24, 2.45) is 0 Å². The topological polar surface area (TPSA) is 97.3 Å². The summed E-state index contributed by atoms with van der Waals surface area (Å²) in [6.45, 7) is 3.88. The van der Waals surface area contributed by atoms with E-state index in [9.17, 15) is 0 Å². The first-order valence-electron chi connectivity index (χ1n) is 11.0. The number of nitrogens with zero attached hydrogens (tertiary/aromatic N) is 4. The van der Waals surface area contributed by atoms with Crippen molar-refractivity contribution in [1.82, 2.24) is 19.5 Å². The van der Waals surface area contributed by atoms with Gasteiger partial charge in [0.1, 0.15) is 30.0 Å². The van der Waals surface area contributed by atoms with E-state index in [2.05, 4.69) is 33.2 Å². The van der Waals surface area contributed by atoms with Crippen LogP contribution in [0.15, 0.2) is 49.1 Å². The molecular weight excluding hydrogens is 442 g/mol. The number of aromatic nitrogens is 4.